The zero-order chi connectivity index (χ0) is 35.1. The number of hydrogen-bond acceptors (Lipinski definition) is 8. The van der Waals surface area contributed by atoms with Crippen molar-refractivity contribution >= 4 is 69.3 Å². The normalized spacial score (nSPS) is 12.6. The molecule has 0 aliphatic heterocycles. The number of carbonyl (C=O) groups excluding carboxylic acids is 4. The molecule has 2 unspecified atom stereocenters. The monoisotopic (exact) mass is 684 g/mol. The topological polar surface area (TPSA) is 142 Å². The van der Waals surface area contributed by atoms with Crippen LogP contribution in [0.5, 0.6) is 0 Å². The van der Waals surface area contributed by atoms with Crippen molar-refractivity contribution in [2.24, 2.45) is 20.5 Å². The number of ketones is 2. The molecule has 12 heteroatoms. The predicted molar refractivity (Wildman–Crippen MR) is 189 cm³/mol. The molecule has 0 bridgehead atoms. The molecule has 0 fully saturated rings. The molecule has 0 saturated heterocycles. The number of anilines is 2. The molecule has 4 rings (SSSR count). The van der Waals surface area contributed by atoms with Crippen LogP contribution >= 0.6 is 23.2 Å². The summed E-state index contributed by atoms with van der Waals surface area (Å²) in [4.78, 5) is 50.1. The second-order valence-corrected chi connectivity index (χ2v) is 12.2. The van der Waals surface area contributed by atoms with E-state index < -0.39 is 35.5 Å². The lowest BCUT2D eigenvalue weighted by Crippen LogP contribution is -2.31. The first-order valence-electron chi connectivity index (χ1n) is 14.9. The van der Waals surface area contributed by atoms with E-state index in [-0.39, 0.29) is 15.7 Å². The molecule has 0 radical (unpaired) electrons. The number of nitrogens with one attached hydrogen (secondary N) is 2. The Bertz CT molecular complexity index is 1930. The zero-order valence-corrected chi connectivity index (χ0v) is 28.8. The number of azo groups is 2. The molecule has 0 saturated carbocycles. The lowest BCUT2D eigenvalue weighted by atomic mass is 10.0. The number of amides is 2. The molecule has 2 atom stereocenters. The standard InChI is InChI=1S/C36H34Cl2N6O4/c1-19-7-11-28(15-21(19)3)39-35(47)32(23(5)45)42-41-27-13-9-25(10-14-27)26-17-30(37)34(31(38)18-26)44-43-33(24(6)46)36(48)40-29-12-8-20(2)22(4)16-29/h7-18,32-33H,1-6H3,(H,39,47)(H,40,48). The molecule has 4 aromatic rings. The lowest BCUT2D eigenvalue weighted by Gasteiger charge is -2.11. The Balaban J connectivity index is 1.47. The maximum absolute atomic E-state index is 12.9. The molecular weight excluding hydrogens is 651 g/mol. The van der Waals surface area contributed by atoms with Gasteiger partial charge in [0.1, 0.15) is 5.69 Å². The Morgan fingerprint density at radius 3 is 1.42 bits per heavy atom. The van der Waals surface area contributed by atoms with Crippen LogP contribution in [-0.4, -0.2) is 35.5 Å². The highest BCUT2D eigenvalue weighted by molar-refractivity contribution is 6.39. The van der Waals surface area contributed by atoms with Crippen molar-refractivity contribution in [3.8, 4) is 11.1 Å². The van der Waals surface area contributed by atoms with E-state index in [4.69, 9.17) is 23.2 Å². The molecule has 2 amide bonds. The third-order valence-corrected chi connectivity index (χ3v) is 8.17. The summed E-state index contributed by atoms with van der Waals surface area (Å²) in [6.45, 7) is 10.3. The Hall–Kier alpha value is -5.06. The van der Waals surface area contributed by atoms with Crippen LogP contribution in [0.3, 0.4) is 0 Å². The summed E-state index contributed by atoms with van der Waals surface area (Å²) in [5.74, 6) is -2.16. The SMILES string of the molecule is CC(=O)C(N=Nc1ccc(-c2cc(Cl)c(N=NC(C(C)=O)C(=O)Nc3ccc(C)c(C)c3)c(Cl)c2)cc1)C(=O)Nc1ccc(C)c(C)c1. The maximum atomic E-state index is 12.9. The number of hydrogen-bond donors (Lipinski definition) is 2. The number of aryl methyl sites for hydroxylation is 4. The molecular formula is C36H34Cl2N6O4. The van der Waals surface area contributed by atoms with Crippen LogP contribution in [0.1, 0.15) is 36.1 Å². The van der Waals surface area contributed by atoms with E-state index in [0.29, 0.717) is 22.6 Å². The molecule has 10 nitrogen and oxygen atoms in total. The Morgan fingerprint density at radius 2 is 1.00 bits per heavy atom. The van der Waals surface area contributed by atoms with E-state index in [1.165, 1.54) is 13.8 Å². The highest BCUT2D eigenvalue weighted by atomic mass is 35.5. The third-order valence-electron chi connectivity index (χ3n) is 7.60. The van der Waals surface area contributed by atoms with Crippen LogP contribution in [0.15, 0.2) is 93.3 Å². The molecule has 246 valence electrons. The fourth-order valence-electron chi connectivity index (χ4n) is 4.48. The molecule has 2 N–H and O–H groups in total. The van der Waals surface area contributed by atoms with Crippen molar-refractivity contribution in [1.82, 2.24) is 0 Å². The highest BCUT2D eigenvalue weighted by Crippen LogP contribution is 2.38. The van der Waals surface area contributed by atoms with Crippen LogP contribution < -0.4 is 10.6 Å². The summed E-state index contributed by atoms with van der Waals surface area (Å²) in [6, 6.07) is 18.2. The minimum atomic E-state index is -1.40. The van der Waals surface area contributed by atoms with E-state index in [1.54, 1.807) is 54.6 Å². The van der Waals surface area contributed by atoms with Gasteiger partial charge >= 0.3 is 0 Å². The number of carbonyl (C=O) groups is 4. The Labute approximate surface area is 288 Å². The number of benzene rings is 4. The van der Waals surface area contributed by atoms with Crippen LogP contribution in [0.2, 0.25) is 10.0 Å². The van der Waals surface area contributed by atoms with Crippen molar-refractivity contribution < 1.29 is 19.2 Å². The van der Waals surface area contributed by atoms with Gasteiger partial charge in [0.2, 0.25) is 12.1 Å². The first-order chi connectivity index (χ1) is 22.7. The van der Waals surface area contributed by atoms with Crippen molar-refractivity contribution in [2.45, 2.75) is 53.6 Å². The molecule has 0 spiro atoms. The zero-order valence-electron chi connectivity index (χ0n) is 27.3. The third kappa shape index (κ3) is 9.05. The minimum Gasteiger partial charge on any atom is -0.324 e. The van der Waals surface area contributed by atoms with Gasteiger partial charge in [-0.2, -0.15) is 20.5 Å². The van der Waals surface area contributed by atoms with E-state index in [0.717, 1.165) is 27.8 Å². The van der Waals surface area contributed by atoms with E-state index in [1.807, 2.05) is 45.9 Å². The lowest BCUT2D eigenvalue weighted by molar-refractivity contribution is -0.127. The van der Waals surface area contributed by atoms with Crippen molar-refractivity contribution in [2.75, 3.05) is 10.6 Å². The van der Waals surface area contributed by atoms with E-state index in [9.17, 15) is 19.2 Å². The van der Waals surface area contributed by atoms with Gasteiger partial charge in [-0.3, -0.25) is 19.2 Å². The molecule has 0 aromatic heterocycles. The summed E-state index contributed by atoms with van der Waals surface area (Å²) >= 11 is 13.0. The number of rotatable bonds is 11. The number of Topliss-reactive ketones (excluding diaryl/α,β-unsaturated/α-hetero) is 2. The van der Waals surface area contributed by atoms with Gasteiger partial charge in [0.15, 0.2) is 11.6 Å². The van der Waals surface area contributed by atoms with E-state index >= 15 is 0 Å². The number of nitrogens with zero attached hydrogens (tertiary/aromatic N) is 4. The van der Waals surface area contributed by atoms with Crippen LogP contribution in [0.4, 0.5) is 22.7 Å². The smallest absolute Gasteiger partial charge is 0.258 e. The quantitative estimate of drug-likeness (QED) is 0.120. The van der Waals surface area contributed by atoms with Crippen molar-refractivity contribution in [3.63, 3.8) is 0 Å². The summed E-state index contributed by atoms with van der Waals surface area (Å²) in [5.41, 5.74) is 7.15. The van der Waals surface area contributed by atoms with Gasteiger partial charge in [-0.1, -0.05) is 47.5 Å². The van der Waals surface area contributed by atoms with Crippen LogP contribution in [0.25, 0.3) is 11.1 Å². The van der Waals surface area contributed by atoms with Gasteiger partial charge in [-0.25, -0.2) is 0 Å². The summed E-state index contributed by atoms with van der Waals surface area (Å²) in [7, 11) is 0. The first kappa shape index (κ1) is 35.8. The molecule has 4 aromatic carbocycles. The van der Waals surface area contributed by atoms with Gasteiger partial charge < -0.3 is 10.6 Å². The van der Waals surface area contributed by atoms with E-state index in [2.05, 4.69) is 31.1 Å². The summed E-state index contributed by atoms with van der Waals surface area (Å²) in [6.07, 6.45) is 0. The van der Waals surface area contributed by atoms with Gasteiger partial charge in [0.05, 0.1) is 15.7 Å². The number of halogens is 2. The van der Waals surface area contributed by atoms with Crippen LogP contribution in [-0.2, 0) is 19.2 Å². The second kappa shape index (κ2) is 15.7. The maximum Gasteiger partial charge on any atom is 0.258 e. The second-order valence-electron chi connectivity index (χ2n) is 11.4. The molecule has 48 heavy (non-hydrogen) atoms. The van der Waals surface area contributed by atoms with Gasteiger partial charge in [-0.05, 0) is 123 Å². The van der Waals surface area contributed by atoms with Gasteiger partial charge in [0.25, 0.3) is 11.8 Å². The fraction of sp³-hybridized carbons (Fsp3) is 0.222. The van der Waals surface area contributed by atoms with Crippen molar-refractivity contribution in [3.05, 3.63) is 105 Å². The van der Waals surface area contributed by atoms with Crippen molar-refractivity contribution in [1.29, 1.82) is 0 Å². The summed E-state index contributed by atoms with van der Waals surface area (Å²) < 4.78 is 0. The molecule has 0 aliphatic rings. The van der Waals surface area contributed by atoms with Gasteiger partial charge in [0, 0.05) is 11.4 Å². The Kier molecular flexibility index (Phi) is 11.7. The summed E-state index contributed by atoms with van der Waals surface area (Å²) in [5, 5.41) is 21.9. The average Bonchev–Trinajstić information content (AvgIpc) is 3.02. The minimum absolute atomic E-state index is 0.104. The molecule has 0 aliphatic carbocycles. The Morgan fingerprint density at radius 1 is 0.562 bits per heavy atom. The largest absolute Gasteiger partial charge is 0.324 e. The molecule has 0 heterocycles. The van der Waals surface area contributed by atoms with Gasteiger partial charge in [-0.15, -0.1) is 0 Å². The predicted octanol–water partition coefficient (Wildman–Crippen LogP) is 9.25. The fourth-order valence-corrected chi connectivity index (χ4v) is 5.05. The average molecular weight is 686 g/mol. The van der Waals surface area contributed by atoms with Crippen LogP contribution in [0, 0.1) is 27.7 Å². The first-order valence-corrected chi connectivity index (χ1v) is 15.7. The highest BCUT2D eigenvalue weighted by Gasteiger charge is 2.25.